The van der Waals surface area contributed by atoms with E-state index in [1.807, 2.05) is 6.92 Å². The third kappa shape index (κ3) is 3.85. The smallest absolute Gasteiger partial charge is 0.295 e. The quantitative estimate of drug-likeness (QED) is 0.387. The van der Waals surface area contributed by atoms with Gasteiger partial charge in [0.25, 0.3) is 11.7 Å². The number of hydrogen-bond donors (Lipinski definition) is 1. The maximum atomic E-state index is 12.9. The standard InChI is InChI=1S/C22H21Cl2NO5/c1-4-9-25-19(12-5-7-13(23)8-6-12)18(21(27)22(25)28)20(26)14-10-15(24)17(30-3)11-16(14)29-2/h5-8,10-11,19,26H,4,9H2,1-3H3/b20-18+. The number of halogens is 2. The molecule has 0 aliphatic carbocycles. The number of nitrogens with zero attached hydrogens (tertiary/aromatic N) is 1. The molecule has 1 amide bonds. The third-order valence-corrected chi connectivity index (χ3v) is 5.47. The first-order valence-electron chi connectivity index (χ1n) is 9.29. The van der Waals surface area contributed by atoms with Gasteiger partial charge in [0.05, 0.1) is 36.4 Å². The second kappa shape index (κ2) is 8.98. The van der Waals surface area contributed by atoms with Crippen LogP contribution in [0.25, 0.3) is 5.76 Å². The number of methoxy groups -OCH3 is 2. The van der Waals surface area contributed by atoms with Crippen LogP contribution in [0.1, 0.15) is 30.5 Å². The predicted octanol–water partition coefficient (Wildman–Crippen LogP) is 4.84. The number of carbonyl (C=O) groups excluding carboxylic acids is 2. The minimum absolute atomic E-state index is 0.0321. The van der Waals surface area contributed by atoms with Crippen LogP contribution in [0.15, 0.2) is 42.0 Å². The fourth-order valence-electron chi connectivity index (χ4n) is 3.53. The molecule has 2 aromatic carbocycles. The molecule has 1 aliphatic heterocycles. The molecule has 3 rings (SSSR count). The van der Waals surface area contributed by atoms with E-state index < -0.39 is 17.7 Å². The van der Waals surface area contributed by atoms with E-state index in [4.69, 9.17) is 32.7 Å². The van der Waals surface area contributed by atoms with E-state index in [0.29, 0.717) is 29.3 Å². The van der Waals surface area contributed by atoms with E-state index in [2.05, 4.69) is 0 Å². The lowest BCUT2D eigenvalue weighted by Crippen LogP contribution is -2.30. The lowest BCUT2D eigenvalue weighted by atomic mass is 9.95. The summed E-state index contributed by atoms with van der Waals surface area (Å²) in [6.45, 7) is 2.26. The molecule has 1 saturated heterocycles. The average Bonchev–Trinajstić information content (AvgIpc) is 2.99. The first-order valence-corrected chi connectivity index (χ1v) is 10.0. The molecule has 0 bridgehead atoms. The van der Waals surface area contributed by atoms with Crippen molar-refractivity contribution in [2.45, 2.75) is 19.4 Å². The van der Waals surface area contributed by atoms with E-state index in [-0.39, 0.29) is 27.7 Å². The summed E-state index contributed by atoms with van der Waals surface area (Å²) < 4.78 is 10.5. The number of carbonyl (C=O) groups is 2. The highest BCUT2D eigenvalue weighted by Crippen LogP contribution is 2.43. The van der Waals surface area contributed by atoms with Crippen LogP contribution in [-0.2, 0) is 9.59 Å². The topological polar surface area (TPSA) is 76.1 Å². The highest BCUT2D eigenvalue weighted by Gasteiger charge is 2.46. The summed E-state index contributed by atoms with van der Waals surface area (Å²) in [4.78, 5) is 27.1. The van der Waals surface area contributed by atoms with Gasteiger partial charge in [-0.25, -0.2) is 0 Å². The second-order valence-corrected chi connectivity index (χ2v) is 7.57. The summed E-state index contributed by atoms with van der Waals surface area (Å²) in [5, 5.41) is 11.9. The summed E-state index contributed by atoms with van der Waals surface area (Å²) in [6, 6.07) is 9.01. The zero-order valence-corrected chi connectivity index (χ0v) is 18.3. The molecule has 0 spiro atoms. The number of benzene rings is 2. The van der Waals surface area contributed by atoms with E-state index in [1.165, 1.54) is 31.3 Å². The average molecular weight is 450 g/mol. The number of likely N-dealkylation sites (tertiary alicyclic amines) is 1. The largest absolute Gasteiger partial charge is 0.507 e. The Labute approximate surface area is 184 Å². The van der Waals surface area contributed by atoms with Gasteiger partial charge in [0.2, 0.25) is 0 Å². The van der Waals surface area contributed by atoms with Gasteiger partial charge in [-0.3, -0.25) is 9.59 Å². The molecule has 158 valence electrons. The van der Waals surface area contributed by atoms with Crippen molar-refractivity contribution in [3.8, 4) is 11.5 Å². The summed E-state index contributed by atoms with van der Waals surface area (Å²) in [7, 11) is 2.88. The van der Waals surface area contributed by atoms with Crippen molar-refractivity contribution >= 4 is 40.7 Å². The molecule has 0 radical (unpaired) electrons. The second-order valence-electron chi connectivity index (χ2n) is 6.73. The third-order valence-electron chi connectivity index (χ3n) is 4.92. The van der Waals surface area contributed by atoms with Gasteiger partial charge in [0, 0.05) is 17.6 Å². The van der Waals surface area contributed by atoms with E-state index in [1.54, 1.807) is 24.3 Å². The molecule has 8 heteroatoms. The number of Topliss-reactive ketones (excluding diaryl/α,β-unsaturated/α-hetero) is 1. The van der Waals surface area contributed by atoms with Gasteiger partial charge in [-0.15, -0.1) is 0 Å². The van der Waals surface area contributed by atoms with Crippen LogP contribution < -0.4 is 9.47 Å². The number of rotatable bonds is 6. The van der Waals surface area contributed by atoms with Crippen molar-refractivity contribution in [1.82, 2.24) is 4.90 Å². The van der Waals surface area contributed by atoms with Crippen molar-refractivity contribution in [1.29, 1.82) is 0 Å². The van der Waals surface area contributed by atoms with Crippen LogP contribution in [0.3, 0.4) is 0 Å². The number of aliphatic hydroxyl groups is 1. The van der Waals surface area contributed by atoms with Gasteiger partial charge in [0.1, 0.15) is 17.3 Å². The number of hydrogen-bond acceptors (Lipinski definition) is 5. The van der Waals surface area contributed by atoms with E-state index in [9.17, 15) is 14.7 Å². The summed E-state index contributed by atoms with van der Waals surface area (Å²) >= 11 is 12.2. The number of ketones is 1. The Morgan fingerprint density at radius 2 is 1.70 bits per heavy atom. The molecule has 1 unspecified atom stereocenters. The molecule has 2 aromatic rings. The van der Waals surface area contributed by atoms with Crippen molar-refractivity contribution in [2.75, 3.05) is 20.8 Å². The van der Waals surface area contributed by atoms with Crippen LogP contribution in [0.2, 0.25) is 10.0 Å². The minimum Gasteiger partial charge on any atom is -0.507 e. The highest BCUT2D eigenvalue weighted by molar-refractivity contribution is 6.46. The fraction of sp³-hybridized carbons (Fsp3) is 0.273. The molecular formula is C22H21Cl2NO5. The molecular weight excluding hydrogens is 429 g/mol. The summed E-state index contributed by atoms with van der Waals surface area (Å²) in [6.07, 6.45) is 0.648. The molecule has 1 aliphatic rings. The lowest BCUT2D eigenvalue weighted by molar-refractivity contribution is -0.139. The van der Waals surface area contributed by atoms with Gasteiger partial charge in [-0.2, -0.15) is 0 Å². The maximum Gasteiger partial charge on any atom is 0.295 e. The van der Waals surface area contributed by atoms with Gasteiger partial charge in [0.15, 0.2) is 0 Å². The van der Waals surface area contributed by atoms with Crippen LogP contribution in [0, 0.1) is 0 Å². The predicted molar refractivity (Wildman–Crippen MR) is 115 cm³/mol. The summed E-state index contributed by atoms with van der Waals surface area (Å²) in [5.41, 5.74) is 0.819. The monoisotopic (exact) mass is 449 g/mol. The Hall–Kier alpha value is -2.70. The Kier molecular flexibility index (Phi) is 6.58. The Balaban J connectivity index is 2.25. The number of amides is 1. The molecule has 1 N–H and O–H groups in total. The Bertz CT molecular complexity index is 1020. The molecule has 1 fully saturated rings. The first-order chi connectivity index (χ1) is 14.3. The van der Waals surface area contributed by atoms with Crippen LogP contribution >= 0.6 is 23.2 Å². The molecule has 0 aromatic heterocycles. The van der Waals surface area contributed by atoms with Crippen molar-refractivity contribution in [3.63, 3.8) is 0 Å². The summed E-state index contributed by atoms with van der Waals surface area (Å²) in [5.74, 6) is -1.20. The van der Waals surface area contributed by atoms with E-state index >= 15 is 0 Å². The maximum absolute atomic E-state index is 12.9. The van der Waals surface area contributed by atoms with Gasteiger partial charge in [-0.1, -0.05) is 42.3 Å². The normalized spacial score (nSPS) is 18.0. The van der Waals surface area contributed by atoms with Crippen molar-refractivity contribution < 1.29 is 24.2 Å². The van der Waals surface area contributed by atoms with Crippen LogP contribution in [0.4, 0.5) is 0 Å². The first kappa shape index (κ1) is 22.0. The number of aliphatic hydroxyl groups excluding tert-OH is 1. The van der Waals surface area contributed by atoms with Crippen LogP contribution in [-0.4, -0.2) is 42.5 Å². The molecule has 1 atom stereocenters. The van der Waals surface area contributed by atoms with E-state index in [0.717, 1.165) is 0 Å². The highest BCUT2D eigenvalue weighted by atomic mass is 35.5. The lowest BCUT2D eigenvalue weighted by Gasteiger charge is -2.25. The van der Waals surface area contributed by atoms with Gasteiger partial charge in [-0.05, 0) is 30.2 Å². The molecule has 1 heterocycles. The van der Waals surface area contributed by atoms with Gasteiger partial charge >= 0.3 is 0 Å². The fourth-order valence-corrected chi connectivity index (χ4v) is 3.90. The minimum atomic E-state index is -0.769. The molecule has 0 saturated carbocycles. The zero-order chi connectivity index (χ0) is 22.0. The van der Waals surface area contributed by atoms with Gasteiger partial charge < -0.3 is 19.5 Å². The Morgan fingerprint density at radius 3 is 2.27 bits per heavy atom. The molecule has 30 heavy (non-hydrogen) atoms. The zero-order valence-electron chi connectivity index (χ0n) is 16.7. The SMILES string of the molecule is CCCN1C(=O)C(=O)/C(=C(/O)c2cc(Cl)c(OC)cc2OC)C1c1ccc(Cl)cc1. The van der Waals surface area contributed by atoms with Crippen molar-refractivity contribution in [2.24, 2.45) is 0 Å². The van der Waals surface area contributed by atoms with Crippen molar-refractivity contribution in [3.05, 3.63) is 63.1 Å². The van der Waals surface area contributed by atoms with Crippen LogP contribution in [0.5, 0.6) is 11.5 Å². The molecule has 6 nitrogen and oxygen atoms in total. The Morgan fingerprint density at radius 1 is 1.07 bits per heavy atom. The number of ether oxygens (including phenoxy) is 2.